The zero-order chi connectivity index (χ0) is 26.9. The molecule has 10 nitrogen and oxygen atoms in total. The minimum Gasteiger partial charge on any atom is -0.476 e. The van der Waals surface area contributed by atoms with Gasteiger partial charge in [-0.05, 0) is 69.9 Å². The molecule has 1 unspecified atom stereocenters. The Hall–Kier alpha value is -3.70. The lowest BCUT2D eigenvalue weighted by atomic mass is 10.2. The summed E-state index contributed by atoms with van der Waals surface area (Å²) in [5.41, 5.74) is 1.75. The second-order valence-corrected chi connectivity index (χ2v) is 10.9. The van der Waals surface area contributed by atoms with Crippen LogP contribution in [0.15, 0.2) is 47.4 Å². The number of nitrogens with one attached hydrogen (secondary N) is 2. The molecule has 1 aliphatic rings. The Kier molecular flexibility index (Phi) is 7.37. The van der Waals surface area contributed by atoms with Crippen LogP contribution < -0.4 is 14.8 Å². The van der Waals surface area contributed by atoms with Gasteiger partial charge in [-0.15, -0.1) is 0 Å². The van der Waals surface area contributed by atoms with Crippen molar-refractivity contribution in [3.05, 3.63) is 59.3 Å². The number of anilines is 1. The number of aryl methyl sites for hydroxylation is 1. The number of rotatable bonds is 10. The van der Waals surface area contributed by atoms with Gasteiger partial charge >= 0.3 is 5.97 Å². The van der Waals surface area contributed by atoms with E-state index in [0.717, 1.165) is 18.4 Å². The summed E-state index contributed by atoms with van der Waals surface area (Å²) in [4.78, 5) is 24.0. The molecular formula is C26H30N4O6S. The van der Waals surface area contributed by atoms with Crippen LogP contribution in [0.1, 0.15) is 54.7 Å². The van der Waals surface area contributed by atoms with Gasteiger partial charge in [0.2, 0.25) is 21.8 Å². The summed E-state index contributed by atoms with van der Waals surface area (Å²) in [6, 6.07) is 11.2. The molecule has 1 aromatic heterocycles. The summed E-state index contributed by atoms with van der Waals surface area (Å²) in [5.74, 6) is -1.42. The molecule has 0 bridgehead atoms. The van der Waals surface area contributed by atoms with E-state index < -0.39 is 16.0 Å². The maximum absolute atomic E-state index is 13.4. The molecule has 3 aromatic rings. The van der Waals surface area contributed by atoms with Crippen molar-refractivity contribution in [1.29, 1.82) is 0 Å². The summed E-state index contributed by atoms with van der Waals surface area (Å²) < 4.78 is 36.9. The Bertz CT molecular complexity index is 1460. The van der Waals surface area contributed by atoms with Gasteiger partial charge in [0.25, 0.3) is 0 Å². The number of carbonyl (C=O) groups is 2. The Morgan fingerprint density at radius 3 is 2.51 bits per heavy atom. The highest BCUT2D eigenvalue weighted by Crippen LogP contribution is 2.36. The molecule has 1 fully saturated rings. The number of carboxylic acid groups (broad SMARTS) is 1. The fraction of sp³-hybridized carbons (Fsp3) is 0.346. The molecule has 196 valence electrons. The van der Waals surface area contributed by atoms with Gasteiger partial charge in [-0.3, -0.25) is 4.79 Å². The fourth-order valence-electron chi connectivity index (χ4n) is 3.75. The number of aromatic carboxylic acids is 1. The van der Waals surface area contributed by atoms with Crippen LogP contribution in [0, 0.1) is 19.8 Å². The summed E-state index contributed by atoms with van der Waals surface area (Å²) in [5, 5.41) is 16.7. The van der Waals surface area contributed by atoms with Gasteiger partial charge in [-0.2, -0.15) is 9.78 Å². The van der Waals surface area contributed by atoms with E-state index in [2.05, 4.69) is 15.1 Å². The van der Waals surface area contributed by atoms with Crippen LogP contribution in [0.5, 0.6) is 11.6 Å². The van der Waals surface area contributed by atoms with E-state index >= 15 is 0 Å². The average Bonchev–Trinajstić information content (AvgIpc) is 3.65. The molecule has 1 atom stereocenters. The SMILES string of the molecule is CCC(C)NS(=O)(=O)c1cc(NC(=O)C2CC2)ccc1Oc1c(C)c(C(=O)O)nn1-c1ccccc1C. The molecule has 11 heteroatoms. The van der Waals surface area contributed by atoms with E-state index in [4.69, 9.17) is 4.74 Å². The first kappa shape index (κ1) is 26.4. The normalized spacial score (nSPS) is 14.3. The number of carbonyl (C=O) groups excluding carboxylic acids is 1. The summed E-state index contributed by atoms with van der Waals surface area (Å²) in [7, 11) is -4.07. The summed E-state index contributed by atoms with van der Waals surface area (Å²) in [6.45, 7) is 7.00. The van der Waals surface area contributed by atoms with Gasteiger partial charge in [0, 0.05) is 23.2 Å². The van der Waals surface area contributed by atoms with Crippen molar-refractivity contribution in [2.45, 2.75) is 57.9 Å². The van der Waals surface area contributed by atoms with E-state index in [1.807, 2.05) is 26.0 Å². The maximum Gasteiger partial charge on any atom is 0.356 e. The van der Waals surface area contributed by atoms with E-state index in [1.54, 1.807) is 32.0 Å². The Morgan fingerprint density at radius 2 is 1.89 bits per heavy atom. The highest BCUT2D eigenvalue weighted by molar-refractivity contribution is 7.89. The van der Waals surface area contributed by atoms with Crippen molar-refractivity contribution in [2.75, 3.05) is 5.32 Å². The topological polar surface area (TPSA) is 140 Å². The molecule has 1 heterocycles. The molecule has 3 N–H and O–H groups in total. The van der Waals surface area contributed by atoms with Gasteiger partial charge in [-0.1, -0.05) is 25.1 Å². The number of para-hydroxylation sites is 1. The third-order valence-corrected chi connectivity index (χ3v) is 7.85. The molecule has 1 amide bonds. The predicted molar refractivity (Wildman–Crippen MR) is 138 cm³/mol. The number of amides is 1. The first-order valence-corrected chi connectivity index (χ1v) is 13.5. The molecule has 0 spiro atoms. The molecule has 1 aliphatic carbocycles. The third-order valence-electron chi connectivity index (χ3n) is 6.24. The number of sulfonamides is 1. The lowest BCUT2D eigenvalue weighted by molar-refractivity contribution is -0.117. The second kappa shape index (κ2) is 10.3. The Labute approximate surface area is 215 Å². The highest BCUT2D eigenvalue weighted by atomic mass is 32.2. The number of carboxylic acids is 1. The van der Waals surface area contributed by atoms with Crippen LogP contribution in [0.4, 0.5) is 5.69 Å². The van der Waals surface area contributed by atoms with E-state index in [9.17, 15) is 23.1 Å². The standard InChI is InChI=1S/C26H30N4O6S/c1-5-16(3)29-37(34,35)22-14-19(27-24(31)18-10-11-18)12-13-21(22)36-25-17(4)23(26(32)33)28-30(25)20-9-7-6-8-15(20)2/h6-9,12-14,16,18,29H,5,10-11H2,1-4H3,(H,27,31)(H,32,33). The predicted octanol–water partition coefficient (Wildman–Crippen LogP) is 4.40. The van der Waals surface area contributed by atoms with Crippen molar-refractivity contribution in [3.8, 4) is 17.3 Å². The first-order valence-electron chi connectivity index (χ1n) is 12.1. The summed E-state index contributed by atoms with van der Waals surface area (Å²) in [6.07, 6.45) is 2.18. The fourth-order valence-corrected chi connectivity index (χ4v) is 5.23. The number of hydrogen-bond acceptors (Lipinski definition) is 6. The van der Waals surface area contributed by atoms with Gasteiger partial charge in [0.15, 0.2) is 5.69 Å². The van der Waals surface area contributed by atoms with Gasteiger partial charge in [0.1, 0.15) is 10.6 Å². The van der Waals surface area contributed by atoms with Crippen LogP contribution in [0.3, 0.4) is 0 Å². The summed E-state index contributed by atoms with van der Waals surface area (Å²) >= 11 is 0. The number of benzene rings is 2. The van der Waals surface area contributed by atoms with Gasteiger partial charge in [0.05, 0.1) is 5.69 Å². The van der Waals surface area contributed by atoms with E-state index in [1.165, 1.54) is 16.8 Å². The van der Waals surface area contributed by atoms with E-state index in [-0.39, 0.29) is 45.6 Å². The number of hydrogen-bond donors (Lipinski definition) is 3. The first-order chi connectivity index (χ1) is 17.5. The second-order valence-electron chi connectivity index (χ2n) is 9.24. The lowest BCUT2D eigenvalue weighted by Gasteiger charge is -2.18. The van der Waals surface area contributed by atoms with Gasteiger partial charge < -0.3 is 15.2 Å². The maximum atomic E-state index is 13.4. The minimum absolute atomic E-state index is 0.0324. The number of nitrogens with zero attached hydrogens (tertiary/aromatic N) is 2. The Balaban J connectivity index is 1.83. The Morgan fingerprint density at radius 1 is 1.19 bits per heavy atom. The zero-order valence-corrected chi connectivity index (χ0v) is 21.9. The largest absolute Gasteiger partial charge is 0.476 e. The molecule has 2 aromatic carbocycles. The molecule has 37 heavy (non-hydrogen) atoms. The number of aromatic nitrogens is 2. The molecule has 0 radical (unpaired) electrons. The third kappa shape index (κ3) is 5.67. The van der Waals surface area contributed by atoms with Crippen LogP contribution in [0.2, 0.25) is 0 Å². The van der Waals surface area contributed by atoms with Crippen molar-refractivity contribution < 1.29 is 27.9 Å². The van der Waals surface area contributed by atoms with Crippen LogP contribution >= 0.6 is 0 Å². The average molecular weight is 527 g/mol. The van der Waals surface area contributed by atoms with Crippen LogP contribution in [0.25, 0.3) is 5.69 Å². The van der Waals surface area contributed by atoms with Crippen molar-refractivity contribution in [1.82, 2.24) is 14.5 Å². The monoisotopic (exact) mass is 526 g/mol. The van der Waals surface area contributed by atoms with E-state index in [0.29, 0.717) is 17.8 Å². The van der Waals surface area contributed by atoms with Gasteiger partial charge in [-0.25, -0.2) is 17.9 Å². The molecule has 1 saturated carbocycles. The molecule has 0 aliphatic heterocycles. The van der Waals surface area contributed by atoms with Crippen molar-refractivity contribution in [2.24, 2.45) is 5.92 Å². The van der Waals surface area contributed by atoms with Crippen molar-refractivity contribution in [3.63, 3.8) is 0 Å². The zero-order valence-electron chi connectivity index (χ0n) is 21.1. The number of ether oxygens (including phenoxy) is 1. The molecular weight excluding hydrogens is 496 g/mol. The lowest BCUT2D eigenvalue weighted by Crippen LogP contribution is -2.32. The smallest absolute Gasteiger partial charge is 0.356 e. The minimum atomic E-state index is -4.07. The quantitative estimate of drug-likeness (QED) is 0.356. The van der Waals surface area contributed by atoms with Crippen LogP contribution in [-0.2, 0) is 14.8 Å². The van der Waals surface area contributed by atoms with Crippen LogP contribution in [-0.4, -0.2) is 41.2 Å². The van der Waals surface area contributed by atoms with Crippen molar-refractivity contribution >= 4 is 27.6 Å². The highest BCUT2D eigenvalue weighted by Gasteiger charge is 2.31. The molecule has 0 saturated heterocycles. The molecule has 4 rings (SSSR count).